The van der Waals surface area contributed by atoms with Crippen molar-refractivity contribution < 1.29 is 19.2 Å². The molecule has 0 aliphatic carbocycles. The van der Waals surface area contributed by atoms with Crippen molar-refractivity contribution in [3.8, 4) is 0 Å². The van der Waals surface area contributed by atoms with E-state index >= 15 is 0 Å². The van der Waals surface area contributed by atoms with Gasteiger partial charge in [-0.05, 0) is 24.3 Å². The van der Waals surface area contributed by atoms with Crippen LogP contribution in [0.1, 0.15) is 10.4 Å². The molecule has 0 aliphatic heterocycles. The van der Waals surface area contributed by atoms with Crippen LogP contribution in [0, 0.1) is 10.1 Å². The van der Waals surface area contributed by atoms with Crippen molar-refractivity contribution in [2.75, 3.05) is 24.3 Å². The minimum Gasteiger partial charge on any atom is -0.452 e. The maximum absolute atomic E-state index is 12.0. The zero-order valence-corrected chi connectivity index (χ0v) is 12.8. The fraction of sp³-hybridized carbons (Fsp3) is 0.125. The minimum atomic E-state index is -0.840. The summed E-state index contributed by atoms with van der Waals surface area (Å²) in [7, 11) is 1.56. The number of ether oxygens (including phenoxy) is 1. The van der Waals surface area contributed by atoms with Crippen LogP contribution in [0.15, 0.2) is 48.5 Å². The summed E-state index contributed by atoms with van der Waals surface area (Å²) in [6.45, 7) is -0.484. The number of amides is 1. The Hall–Kier alpha value is -3.42. The number of hydrogen-bond acceptors (Lipinski definition) is 6. The lowest BCUT2D eigenvalue weighted by Crippen LogP contribution is -2.31. The van der Waals surface area contributed by atoms with E-state index in [2.05, 4.69) is 0 Å². The van der Waals surface area contributed by atoms with Crippen LogP contribution in [0.2, 0.25) is 0 Å². The van der Waals surface area contributed by atoms with E-state index in [-0.39, 0.29) is 11.3 Å². The van der Waals surface area contributed by atoms with E-state index < -0.39 is 29.1 Å². The molecular formula is C16H15N3O5. The Morgan fingerprint density at radius 3 is 2.50 bits per heavy atom. The third kappa shape index (κ3) is 3.86. The highest BCUT2D eigenvalue weighted by molar-refractivity contribution is 5.97. The molecule has 0 saturated carbocycles. The quantitative estimate of drug-likeness (QED) is 0.388. The third-order valence-electron chi connectivity index (χ3n) is 3.31. The first kappa shape index (κ1) is 16.9. The van der Waals surface area contributed by atoms with Gasteiger partial charge in [-0.3, -0.25) is 14.9 Å². The van der Waals surface area contributed by atoms with Crippen molar-refractivity contribution in [3.05, 3.63) is 64.2 Å². The molecule has 2 N–H and O–H groups in total. The average Bonchev–Trinajstić information content (AvgIpc) is 2.59. The number of esters is 1. The first-order chi connectivity index (χ1) is 11.4. The van der Waals surface area contributed by atoms with Crippen LogP contribution in [-0.2, 0) is 9.53 Å². The molecule has 124 valence electrons. The summed E-state index contributed by atoms with van der Waals surface area (Å²) in [5.41, 5.74) is 5.62. The molecule has 0 atom stereocenters. The van der Waals surface area contributed by atoms with Gasteiger partial charge < -0.3 is 15.4 Å². The fourth-order valence-electron chi connectivity index (χ4n) is 1.93. The number of nitro benzene ring substituents is 1. The number of rotatable bonds is 5. The largest absolute Gasteiger partial charge is 0.452 e. The third-order valence-corrected chi connectivity index (χ3v) is 3.31. The first-order valence-corrected chi connectivity index (χ1v) is 6.93. The SMILES string of the molecule is CN(C(=O)COC(=O)c1ccc(N)c([N+](=O)[O-])c1)c1ccccc1. The average molecular weight is 329 g/mol. The molecule has 0 aromatic heterocycles. The normalized spacial score (nSPS) is 10.0. The van der Waals surface area contributed by atoms with Crippen molar-refractivity contribution >= 4 is 28.9 Å². The van der Waals surface area contributed by atoms with Crippen LogP contribution in [-0.4, -0.2) is 30.5 Å². The predicted octanol–water partition coefficient (Wildman–Crippen LogP) is 2.00. The van der Waals surface area contributed by atoms with E-state index in [1.54, 1.807) is 31.3 Å². The Balaban J connectivity index is 2.02. The van der Waals surface area contributed by atoms with Crippen LogP contribution >= 0.6 is 0 Å². The highest BCUT2D eigenvalue weighted by Crippen LogP contribution is 2.22. The second-order valence-corrected chi connectivity index (χ2v) is 4.90. The summed E-state index contributed by atoms with van der Waals surface area (Å²) in [6.07, 6.45) is 0. The molecule has 2 rings (SSSR count). The van der Waals surface area contributed by atoms with E-state index in [1.807, 2.05) is 6.07 Å². The van der Waals surface area contributed by atoms with Gasteiger partial charge in [0, 0.05) is 18.8 Å². The number of carbonyl (C=O) groups is 2. The van der Waals surface area contributed by atoms with Gasteiger partial charge in [-0.1, -0.05) is 18.2 Å². The van der Waals surface area contributed by atoms with Gasteiger partial charge in [0.15, 0.2) is 6.61 Å². The molecule has 0 spiro atoms. The van der Waals surface area contributed by atoms with Gasteiger partial charge in [0.25, 0.3) is 11.6 Å². The summed E-state index contributed by atoms with van der Waals surface area (Å²) in [5, 5.41) is 10.8. The van der Waals surface area contributed by atoms with Crippen molar-refractivity contribution in [1.82, 2.24) is 0 Å². The smallest absolute Gasteiger partial charge is 0.338 e. The van der Waals surface area contributed by atoms with E-state index in [0.29, 0.717) is 5.69 Å². The van der Waals surface area contributed by atoms with Crippen LogP contribution in [0.25, 0.3) is 0 Å². The molecule has 0 fully saturated rings. The lowest BCUT2D eigenvalue weighted by atomic mass is 10.2. The Labute approximate surface area is 137 Å². The highest BCUT2D eigenvalue weighted by atomic mass is 16.6. The van der Waals surface area contributed by atoms with Gasteiger partial charge in [-0.2, -0.15) is 0 Å². The van der Waals surface area contributed by atoms with Crippen LogP contribution < -0.4 is 10.6 Å². The maximum atomic E-state index is 12.0. The monoisotopic (exact) mass is 329 g/mol. The molecule has 1 amide bonds. The first-order valence-electron chi connectivity index (χ1n) is 6.93. The number of anilines is 2. The van der Waals surface area contributed by atoms with Crippen LogP contribution in [0.4, 0.5) is 17.1 Å². The van der Waals surface area contributed by atoms with Crippen LogP contribution in [0.5, 0.6) is 0 Å². The molecule has 0 unspecified atom stereocenters. The number of hydrogen-bond donors (Lipinski definition) is 1. The van der Waals surface area contributed by atoms with Gasteiger partial charge in [-0.25, -0.2) is 4.79 Å². The van der Waals surface area contributed by atoms with Crippen molar-refractivity contribution in [2.24, 2.45) is 0 Å². The van der Waals surface area contributed by atoms with Gasteiger partial charge in [0.2, 0.25) is 0 Å². The standard InChI is InChI=1S/C16H15N3O5/c1-18(12-5-3-2-4-6-12)15(20)10-24-16(21)11-7-8-13(17)14(9-11)19(22)23/h2-9H,10,17H2,1H3. The molecule has 0 heterocycles. The number of para-hydroxylation sites is 1. The predicted molar refractivity (Wildman–Crippen MR) is 87.6 cm³/mol. The van der Waals surface area contributed by atoms with Gasteiger partial charge in [-0.15, -0.1) is 0 Å². The zero-order valence-electron chi connectivity index (χ0n) is 12.8. The Morgan fingerprint density at radius 1 is 1.21 bits per heavy atom. The van der Waals surface area contributed by atoms with Gasteiger partial charge in [0.05, 0.1) is 10.5 Å². The highest BCUT2D eigenvalue weighted by Gasteiger charge is 2.18. The van der Waals surface area contributed by atoms with Gasteiger partial charge in [0.1, 0.15) is 5.69 Å². The molecule has 2 aromatic carbocycles. The Bertz CT molecular complexity index is 777. The molecule has 8 heteroatoms. The number of benzene rings is 2. The number of carbonyl (C=O) groups excluding carboxylic acids is 2. The zero-order chi connectivity index (χ0) is 17.7. The number of likely N-dealkylation sites (N-methyl/N-ethyl adjacent to an activating group) is 1. The summed E-state index contributed by atoms with van der Waals surface area (Å²) in [5.74, 6) is -1.27. The Kier molecular flexibility index (Phi) is 5.10. The second kappa shape index (κ2) is 7.23. The maximum Gasteiger partial charge on any atom is 0.338 e. The van der Waals surface area contributed by atoms with E-state index in [4.69, 9.17) is 10.5 Å². The van der Waals surface area contributed by atoms with E-state index in [1.165, 1.54) is 17.0 Å². The number of nitrogens with two attached hydrogens (primary N) is 1. The van der Waals surface area contributed by atoms with Crippen LogP contribution in [0.3, 0.4) is 0 Å². The molecule has 0 saturated heterocycles. The topological polar surface area (TPSA) is 116 Å². The summed E-state index contributed by atoms with van der Waals surface area (Å²) < 4.78 is 4.91. The summed E-state index contributed by atoms with van der Waals surface area (Å²) in [4.78, 5) is 35.4. The number of nitrogens with zero attached hydrogens (tertiary/aromatic N) is 2. The summed E-state index contributed by atoms with van der Waals surface area (Å²) in [6, 6.07) is 12.4. The molecule has 0 aliphatic rings. The molecule has 0 radical (unpaired) electrons. The summed E-state index contributed by atoms with van der Waals surface area (Å²) >= 11 is 0. The lowest BCUT2D eigenvalue weighted by Gasteiger charge is -2.17. The van der Waals surface area contributed by atoms with E-state index in [9.17, 15) is 19.7 Å². The molecule has 0 bridgehead atoms. The molecular weight excluding hydrogens is 314 g/mol. The van der Waals surface area contributed by atoms with E-state index in [0.717, 1.165) is 6.07 Å². The number of nitrogen functional groups attached to an aromatic ring is 1. The fourth-order valence-corrected chi connectivity index (χ4v) is 1.93. The molecule has 24 heavy (non-hydrogen) atoms. The minimum absolute atomic E-state index is 0.0499. The van der Waals surface area contributed by atoms with Gasteiger partial charge >= 0.3 is 5.97 Å². The van der Waals surface area contributed by atoms with Crippen molar-refractivity contribution in [1.29, 1.82) is 0 Å². The van der Waals surface area contributed by atoms with Crippen molar-refractivity contribution in [2.45, 2.75) is 0 Å². The number of nitro groups is 1. The molecule has 2 aromatic rings. The lowest BCUT2D eigenvalue weighted by molar-refractivity contribution is -0.383. The molecule has 8 nitrogen and oxygen atoms in total. The Morgan fingerprint density at radius 2 is 1.88 bits per heavy atom. The van der Waals surface area contributed by atoms with Crippen molar-refractivity contribution in [3.63, 3.8) is 0 Å². The second-order valence-electron chi connectivity index (χ2n) is 4.90.